The van der Waals surface area contributed by atoms with E-state index in [1.165, 1.54) is 12.1 Å². The van der Waals surface area contributed by atoms with E-state index in [2.05, 4.69) is 5.32 Å². The average Bonchev–Trinajstić information content (AvgIpc) is 3.19. The van der Waals surface area contributed by atoms with E-state index in [1.54, 1.807) is 30.3 Å². The molecule has 33 heavy (non-hydrogen) atoms. The molecule has 0 aliphatic carbocycles. The molecule has 1 atom stereocenters. The number of esters is 1. The summed E-state index contributed by atoms with van der Waals surface area (Å²) in [7, 11) is -3.84. The Morgan fingerprint density at radius 2 is 1.79 bits per heavy atom. The molecule has 0 spiro atoms. The number of nitrogens with one attached hydrogen (secondary N) is 1. The molecule has 2 aromatic rings. The predicted molar refractivity (Wildman–Crippen MR) is 120 cm³/mol. The van der Waals surface area contributed by atoms with Gasteiger partial charge in [0.25, 0.3) is 5.91 Å². The lowest BCUT2D eigenvalue weighted by molar-refractivity contribution is -0.150. The minimum Gasteiger partial charge on any atom is -0.490 e. The number of carbonyl (C=O) groups is 2. The molecule has 1 unspecified atom stereocenters. The number of aryl methyl sites for hydroxylation is 1. The zero-order chi connectivity index (χ0) is 23.4. The van der Waals surface area contributed by atoms with Crippen LogP contribution in [-0.4, -0.2) is 57.0 Å². The van der Waals surface area contributed by atoms with Crippen LogP contribution in [0.4, 0.5) is 5.69 Å². The molecule has 4 rings (SSSR count). The highest BCUT2D eigenvalue weighted by molar-refractivity contribution is 7.89. The summed E-state index contributed by atoms with van der Waals surface area (Å²) in [6.07, 6.45) is 1.64. The molecule has 0 saturated carbocycles. The summed E-state index contributed by atoms with van der Waals surface area (Å²) >= 11 is 0. The maximum Gasteiger partial charge on any atom is 0.324 e. The summed E-state index contributed by atoms with van der Waals surface area (Å²) in [4.78, 5) is 25.1. The third kappa shape index (κ3) is 5.28. The topological polar surface area (TPSA) is 111 Å². The number of sulfonamides is 1. The van der Waals surface area contributed by atoms with Gasteiger partial charge in [0.1, 0.15) is 6.04 Å². The molecule has 0 aromatic heterocycles. The Hall–Kier alpha value is -3.11. The highest BCUT2D eigenvalue weighted by Gasteiger charge is 2.40. The summed E-state index contributed by atoms with van der Waals surface area (Å²) in [6.45, 7) is 2.64. The lowest BCUT2D eigenvalue weighted by atomic mass is 10.2. The Morgan fingerprint density at radius 1 is 1.06 bits per heavy atom. The van der Waals surface area contributed by atoms with Gasteiger partial charge in [-0.1, -0.05) is 17.7 Å². The zero-order valence-corrected chi connectivity index (χ0v) is 19.1. The van der Waals surface area contributed by atoms with Crippen molar-refractivity contribution in [2.24, 2.45) is 0 Å². The van der Waals surface area contributed by atoms with Gasteiger partial charge in [0.2, 0.25) is 10.0 Å². The van der Waals surface area contributed by atoms with Gasteiger partial charge >= 0.3 is 5.97 Å². The minimum atomic E-state index is -3.84. The van der Waals surface area contributed by atoms with E-state index in [0.29, 0.717) is 43.2 Å². The summed E-state index contributed by atoms with van der Waals surface area (Å²) in [6, 6.07) is 10.5. The van der Waals surface area contributed by atoms with Crippen LogP contribution >= 0.6 is 0 Å². The van der Waals surface area contributed by atoms with E-state index >= 15 is 0 Å². The Labute approximate surface area is 192 Å². The van der Waals surface area contributed by atoms with Crippen LogP contribution in [0.1, 0.15) is 24.8 Å². The molecule has 0 radical (unpaired) electrons. The van der Waals surface area contributed by atoms with Crippen molar-refractivity contribution in [1.29, 1.82) is 0 Å². The Bertz CT molecular complexity index is 1130. The molecule has 2 aliphatic rings. The van der Waals surface area contributed by atoms with Crippen molar-refractivity contribution in [3.8, 4) is 11.5 Å². The lowest BCUT2D eigenvalue weighted by Gasteiger charge is -2.22. The van der Waals surface area contributed by atoms with Gasteiger partial charge in [-0.15, -0.1) is 0 Å². The summed E-state index contributed by atoms with van der Waals surface area (Å²) in [5.41, 5.74) is 1.41. The quantitative estimate of drug-likeness (QED) is 0.641. The standard InChI is InChI=1S/C23H26N2O7S/c1-16-5-8-18(9-6-16)33(28,29)25-11-2-4-19(25)23(27)32-15-22(26)24-17-7-10-20-21(14-17)31-13-3-12-30-20/h5-10,14,19H,2-4,11-13,15H2,1H3,(H,24,26). The van der Waals surface area contributed by atoms with Crippen molar-refractivity contribution < 1.29 is 32.2 Å². The van der Waals surface area contributed by atoms with Crippen molar-refractivity contribution in [2.45, 2.75) is 37.1 Å². The summed E-state index contributed by atoms with van der Waals surface area (Å²) < 4.78 is 43.5. The van der Waals surface area contributed by atoms with E-state index < -0.39 is 34.5 Å². The van der Waals surface area contributed by atoms with Crippen molar-refractivity contribution in [2.75, 3.05) is 31.7 Å². The van der Waals surface area contributed by atoms with E-state index in [-0.39, 0.29) is 11.4 Å². The smallest absolute Gasteiger partial charge is 0.324 e. The largest absolute Gasteiger partial charge is 0.490 e. The molecule has 2 aromatic carbocycles. The third-order valence-corrected chi connectivity index (χ3v) is 7.40. The van der Waals surface area contributed by atoms with Gasteiger partial charge in [-0.25, -0.2) is 8.42 Å². The van der Waals surface area contributed by atoms with Crippen molar-refractivity contribution in [1.82, 2.24) is 4.31 Å². The molecule has 0 bridgehead atoms. The molecule has 9 nitrogen and oxygen atoms in total. The molecule has 1 amide bonds. The van der Waals surface area contributed by atoms with E-state index in [0.717, 1.165) is 16.3 Å². The second-order valence-corrected chi connectivity index (χ2v) is 9.85. The summed E-state index contributed by atoms with van der Waals surface area (Å²) in [5, 5.41) is 2.65. The van der Waals surface area contributed by atoms with E-state index in [9.17, 15) is 18.0 Å². The third-order valence-electron chi connectivity index (χ3n) is 5.48. The number of hydrogen-bond acceptors (Lipinski definition) is 7. The molecular weight excluding hydrogens is 448 g/mol. The number of anilines is 1. The number of fused-ring (bicyclic) bond motifs is 1. The van der Waals surface area contributed by atoms with Crippen LogP contribution in [0.15, 0.2) is 47.4 Å². The fraction of sp³-hybridized carbons (Fsp3) is 0.391. The Morgan fingerprint density at radius 3 is 2.55 bits per heavy atom. The summed E-state index contributed by atoms with van der Waals surface area (Å²) in [5.74, 6) is -0.140. The van der Waals surface area contributed by atoms with Gasteiger partial charge < -0.3 is 19.5 Å². The van der Waals surface area contributed by atoms with E-state index in [1.807, 2.05) is 6.92 Å². The molecule has 10 heteroatoms. The van der Waals surface area contributed by atoms with Gasteiger partial charge in [-0.3, -0.25) is 9.59 Å². The first-order valence-electron chi connectivity index (χ1n) is 10.8. The van der Waals surface area contributed by atoms with Gasteiger partial charge in [-0.2, -0.15) is 4.31 Å². The SMILES string of the molecule is Cc1ccc(S(=O)(=O)N2CCCC2C(=O)OCC(=O)Nc2ccc3c(c2)OCCCO3)cc1. The fourth-order valence-corrected chi connectivity index (χ4v) is 5.43. The number of benzene rings is 2. The molecule has 1 N–H and O–H groups in total. The molecular formula is C23H26N2O7S. The number of amides is 1. The van der Waals surface area contributed by atoms with Crippen LogP contribution in [0, 0.1) is 6.92 Å². The van der Waals surface area contributed by atoms with Gasteiger partial charge in [0.15, 0.2) is 18.1 Å². The van der Waals surface area contributed by atoms with Crippen molar-refractivity contribution >= 4 is 27.6 Å². The first kappa shape index (κ1) is 23.1. The predicted octanol–water partition coefficient (Wildman–Crippen LogP) is 2.49. The highest BCUT2D eigenvalue weighted by Crippen LogP contribution is 2.32. The van der Waals surface area contributed by atoms with Crippen LogP contribution in [-0.2, 0) is 24.3 Å². The monoisotopic (exact) mass is 474 g/mol. The molecule has 176 valence electrons. The highest BCUT2D eigenvalue weighted by atomic mass is 32.2. The molecule has 2 heterocycles. The number of nitrogens with zero attached hydrogens (tertiary/aromatic N) is 1. The first-order chi connectivity index (χ1) is 15.8. The van der Waals surface area contributed by atoms with Crippen LogP contribution < -0.4 is 14.8 Å². The lowest BCUT2D eigenvalue weighted by Crippen LogP contribution is -2.42. The van der Waals surface area contributed by atoms with E-state index in [4.69, 9.17) is 14.2 Å². The maximum absolute atomic E-state index is 13.0. The number of rotatable bonds is 6. The molecule has 1 saturated heterocycles. The van der Waals surface area contributed by atoms with Crippen molar-refractivity contribution in [3.05, 3.63) is 48.0 Å². The second kappa shape index (κ2) is 9.80. The van der Waals surface area contributed by atoms with Crippen LogP contribution in [0.3, 0.4) is 0 Å². The second-order valence-electron chi connectivity index (χ2n) is 7.95. The van der Waals surface area contributed by atoms with Crippen LogP contribution in [0.25, 0.3) is 0 Å². The van der Waals surface area contributed by atoms with Gasteiger partial charge in [0, 0.05) is 24.7 Å². The average molecular weight is 475 g/mol. The zero-order valence-electron chi connectivity index (χ0n) is 18.3. The molecule has 1 fully saturated rings. The fourth-order valence-electron chi connectivity index (χ4n) is 3.78. The van der Waals surface area contributed by atoms with Crippen molar-refractivity contribution in [3.63, 3.8) is 0 Å². The Kier molecular flexibility index (Phi) is 6.85. The number of ether oxygens (including phenoxy) is 3. The molecule has 2 aliphatic heterocycles. The first-order valence-corrected chi connectivity index (χ1v) is 12.2. The van der Waals surface area contributed by atoms with Crippen LogP contribution in [0.2, 0.25) is 0 Å². The number of hydrogen-bond donors (Lipinski definition) is 1. The Balaban J connectivity index is 1.35. The van der Waals surface area contributed by atoms with Gasteiger partial charge in [0.05, 0.1) is 18.1 Å². The minimum absolute atomic E-state index is 0.125. The maximum atomic E-state index is 13.0. The number of carbonyl (C=O) groups excluding carboxylic acids is 2. The van der Waals surface area contributed by atoms with Crippen LogP contribution in [0.5, 0.6) is 11.5 Å². The normalized spacial score (nSPS) is 18.4. The van der Waals surface area contributed by atoms with Gasteiger partial charge in [-0.05, 0) is 44.0 Å².